The van der Waals surface area contributed by atoms with E-state index in [9.17, 15) is 0 Å². The van der Waals surface area contributed by atoms with Crippen LogP contribution >= 0.6 is 0 Å². The summed E-state index contributed by atoms with van der Waals surface area (Å²) in [5.41, 5.74) is 2.28. The maximum Gasteiger partial charge on any atom is -0.00275 e. The first-order valence-corrected chi connectivity index (χ1v) is 5.60. The summed E-state index contributed by atoms with van der Waals surface area (Å²) in [5, 5.41) is 0. The lowest BCUT2D eigenvalue weighted by molar-refractivity contribution is 0.203. The Labute approximate surface area is 81.7 Å². The molecule has 0 fully saturated rings. The van der Waals surface area contributed by atoms with E-state index in [1.54, 1.807) is 5.57 Å². The van der Waals surface area contributed by atoms with Crippen molar-refractivity contribution in [1.82, 2.24) is 0 Å². The summed E-state index contributed by atoms with van der Waals surface area (Å²) in [6.07, 6.45) is 13.9. The van der Waals surface area contributed by atoms with Crippen LogP contribution in [0.4, 0.5) is 0 Å². The van der Waals surface area contributed by atoms with E-state index in [0.717, 1.165) is 5.92 Å². The van der Waals surface area contributed by atoms with E-state index in [-0.39, 0.29) is 0 Å². The Morgan fingerprint density at radius 1 is 1.31 bits per heavy atom. The first kappa shape index (κ1) is 9.05. The fourth-order valence-electron chi connectivity index (χ4n) is 2.98. The molecule has 0 aromatic heterocycles. The molecule has 0 heterocycles. The molecule has 0 aromatic carbocycles. The zero-order valence-corrected chi connectivity index (χ0v) is 8.84. The van der Waals surface area contributed by atoms with Crippen molar-refractivity contribution >= 4 is 0 Å². The lowest BCUT2D eigenvalue weighted by atomic mass is 9.61. The second-order valence-electron chi connectivity index (χ2n) is 4.81. The van der Waals surface area contributed by atoms with Crippen molar-refractivity contribution in [2.75, 3.05) is 0 Å². The molecule has 0 bridgehead atoms. The van der Waals surface area contributed by atoms with Crippen molar-refractivity contribution in [1.29, 1.82) is 0 Å². The quantitative estimate of drug-likeness (QED) is 0.528. The Balaban J connectivity index is 2.35. The standard InChI is InChI=1S/C13H20/c1-11(2)13-9-5-3-7-12(13)8-4-6-10-13/h3,5,8,11H,4,6-7,9-10H2,1-2H3. The van der Waals surface area contributed by atoms with Gasteiger partial charge >= 0.3 is 0 Å². The zero-order chi connectivity index (χ0) is 9.31. The van der Waals surface area contributed by atoms with Gasteiger partial charge in [0.1, 0.15) is 0 Å². The van der Waals surface area contributed by atoms with Crippen molar-refractivity contribution in [3.8, 4) is 0 Å². The van der Waals surface area contributed by atoms with Crippen LogP contribution in [0.5, 0.6) is 0 Å². The van der Waals surface area contributed by atoms with Crippen LogP contribution in [0.3, 0.4) is 0 Å². The van der Waals surface area contributed by atoms with Crippen LogP contribution in [0.2, 0.25) is 0 Å². The van der Waals surface area contributed by atoms with Crippen LogP contribution in [-0.4, -0.2) is 0 Å². The van der Waals surface area contributed by atoms with Crippen LogP contribution in [0.15, 0.2) is 23.8 Å². The molecule has 2 aliphatic rings. The van der Waals surface area contributed by atoms with Crippen molar-refractivity contribution < 1.29 is 0 Å². The summed E-state index contributed by atoms with van der Waals surface area (Å²) in [7, 11) is 0. The average Bonchev–Trinajstić information content (AvgIpc) is 2.17. The minimum absolute atomic E-state index is 0.549. The van der Waals surface area contributed by atoms with Gasteiger partial charge in [-0.2, -0.15) is 0 Å². The lowest BCUT2D eigenvalue weighted by Crippen LogP contribution is -2.32. The molecule has 2 rings (SSSR count). The van der Waals surface area contributed by atoms with Crippen molar-refractivity contribution in [3.63, 3.8) is 0 Å². The first-order valence-electron chi connectivity index (χ1n) is 5.60. The topological polar surface area (TPSA) is 0 Å². The van der Waals surface area contributed by atoms with E-state index in [2.05, 4.69) is 32.1 Å². The van der Waals surface area contributed by atoms with Gasteiger partial charge in [-0.15, -0.1) is 0 Å². The molecule has 0 radical (unpaired) electrons. The molecular weight excluding hydrogens is 156 g/mol. The molecule has 13 heavy (non-hydrogen) atoms. The Hall–Kier alpha value is -0.520. The van der Waals surface area contributed by atoms with Crippen LogP contribution in [0, 0.1) is 11.3 Å². The third kappa shape index (κ3) is 1.37. The summed E-state index contributed by atoms with van der Waals surface area (Å²) < 4.78 is 0. The van der Waals surface area contributed by atoms with Crippen molar-refractivity contribution in [3.05, 3.63) is 23.8 Å². The molecular formula is C13H20. The van der Waals surface area contributed by atoms with Gasteiger partial charge in [-0.1, -0.05) is 37.6 Å². The third-order valence-corrected chi connectivity index (χ3v) is 3.95. The second kappa shape index (κ2) is 3.32. The SMILES string of the molecule is CC(C)C12CC=CCC1=CCCC2. The van der Waals surface area contributed by atoms with Gasteiger partial charge in [-0.3, -0.25) is 0 Å². The van der Waals surface area contributed by atoms with Gasteiger partial charge in [0, 0.05) is 0 Å². The smallest absolute Gasteiger partial charge is 0.00275 e. The first-order chi connectivity index (χ1) is 6.26. The monoisotopic (exact) mass is 176 g/mol. The minimum atomic E-state index is 0.549. The van der Waals surface area contributed by atoms with E-state index in [1.165, 1.54) is 32.1 Å². The molecule has 2 aliphatic carbocycles. The van der Waals surface area contributed by atoms with Crippen LogP contribution in [0.1, 0.15) is 46.0 Å². The summed E-state index contributed by atoms with van der Waals surface area (Å²) in [6, 6.07) is 0. The number of fused-ring (bicyclic) bond motifs is 1. The Kier molecular flexibility index (Phi) is 2.31. The highest BCUT2D eigenvalue weighted by atomic mass is 14.4. The summed E-state index contributed by atoms with van der Waals surface area (Å²) in [4.78, 5) is 0. The summed E-state index contributed by atoms with van der Waals surface area (Å²) in [5.74, 6) is 0.809. The molecule has 0 heteroatoms. The van der Waals surface area contributed by atoms with Gasteiger partial charge in [-0.25, -0.2) is 0 Å². The number of hydrogen-bond donors (Lipinski definition) is 0. The predicted octanol–water partition coefficient (Wildman–Crippen LogP) is 4.09. The molecule has 0 spiro atoms. The highest BCUT2D eigenvalue weighted by Crippen LogP contribution is 2.50. The van der Waals surface area contributed by atoms with E-state index < -0.39 is 0 Å². The van der Waals surface area contributed by atoms with Gasteiger partial charge in [0.15, 0.2) is 0 Å². The van der Waals surface area contributed by atoms with E-state index >= 15 is 0 Å². The van der Waals surface area contributed by atoms with Gasteiger partial charge in [0.05, 0.1) is 0 Å². The molecule has 72 valence electrons. The highest BCUT2D eigenvalue weighted by molar-refractivity contribution is 5.26. The van der Waals surface area contributed by atoms with E-state index in [4.69, 9.17) is 0 Å². The van der Waals surface area contributed by atoms with Crippen LogP contribution in [-0.2, 0) is 0 Å². The molecule has 0 saturated carbocycles. The molecule has 0 aromatic rings. The molecule has 1 unspecified atom stereocenters. The fraction of sp³-hybridized carbons (Fsp3) is 0.692. The van der Waals surface area contributed by atoms with Gasteiger partial charge in [-0.05, 0) is 43.4 Å². The number of hydrogen-bond acceptors (Lipinski definition) is 0. The molecule has 0 aliphatic heterocycles. The highest BCUT2D eigenvalue weighted by Gasteiger charge is 2.38. The summed E-state index contributed by atoms with van der Waals surface area (Å²) >= 11 is 0. The van der Waals surface area contributed by atoms with Crippen LogP contribution in [0.25, 0.3) is 0 Å². The van der Waals surface area contributed by atoms with Crippen LogP contribution < -0.4 is 0 Å². The van der Waals surface area contributed by atoms with Gasteiger partial charge < -0.3 is 0 Å². The minimum Gasteiger partial charge on any atom is -0.0873 e. The Morgan fingerprint density at radius 3 is 2.85 bits per heavy atom. The summed E-state index contributed by atoms with van der Waals surface area (Å²) in [6.45, 7) is 4.77. The predicted molar refractivity (Wildman–Crippen MR) is 57.6 cm³/mol. The van der Waals surface area contributed by atoms with Crippen molar-refractivity contribution in [2.24, 2.45) is 11.3 Å². The molecule has 0 N–H and O–H groups in total. The molecule has 1 atom stereocenters. The lowest BCUT2D eigenvalue weighted by Gasteiger charge is -2.43. The normalized spacial score (nSPS) is 33.0. The molecule has 0 saturated heterocycles. The Bertz CT molecular complexity index is 245. The maximum atomic E-state index is 2.51. The van der Waals surface area contributed by atoms with Gasteiger partial charge in [0.2, 0.25) is 0 Å². The van der Waals surface area contributed by atoms with Crippen molar-refractivity contribution in [2.45, 2.75) is 46.0 Å². The van der Waals surface area contributed by atoms with Gasteiger partial charge in [0.25, 0.3) is 0 Å². The molecule has 0 amide bonds. The maximum absolute atomic E-state index is 2.51. The Morgan fingerprint density at radius 2 is 2.15 bits per heavy atom. The largest absolute Gasteiger partial charge is 0.0873 e. The van der Waals surface area contributed by atoms with E-state index in [1.807, 2.05) is 0 Å². The zero-order valence-electron chi connectivity index (χ0n) is 8.84. The van der Waals surface area contributed by atoms with E-state index in [0.29, 0.717) is 5.41 Å². The number of allylic oxidation sites excluding steroid dienone is 4. The number of rotatable bonds is 1. The average molecular weight is 176 g/mol. The fourth-order valence-corrected chi connectivity index (χ4v) is 2.98. The molecule has 0 nitrogen and oxygen atoms in total. The third-order valence-electron chi connectivity index (χ3n) is 3.95. The second-order valence-corrected chi connectivity index (χ2v) is 4.81.